The molecule has 3 saturated heterocycles. The summed E-state index contributed by atoms with van der Waals surface area (Å²) in [6, 6.07) is 0. The number of ether oxygens (including phenoxy) is 1. The second-order valence-corrected chi connectivity index (χ2v) is 10.8. The lowest BCUT2D eigenvalue weighted by molar-refractivity contribution is -0.142. The maximum Gasteiger partial charge on any atom is 0.282 e. The Kier molecular flexibility index (Phi) is 6.00. The predicted molar refractivity (Wildman–Crippen MR) is 106 cm³/mol. The zero-order valence-corrected chi connectivity index (χ0v) is 18.1. The number of nitrogens with zero attached hydrogens (tertiary/aromatic N) is 4. The number of hydrogen-bond acceptors (Lipinski definition) is 6. The number of fused-ring (bicyclic) bond motifs is 1. The van der Waals surface area contributed by atoms with Crippen LogP contribution in [-0.4, -0.2) is 96.8 Å². The van der Waals surface area contributed by atoms with Crippen molar-refractivity contribution >= 4 is 22.0 Å². The lowest BCUT2D eigenvalue weighted by Gasteiger charge is -2.40. The van der Waals surface area contributed by atoms with E-state index in [1.807, 2.05) is 18.7 Å². The average Bonchev–Trinajstić information content (AvgIpc) is 2.93. The van der Waals surface area contributed by atoms with Gasteiger partial charge in [-0.2, -0.15) is 17.0 Å². The third-order valence-corrected chi connectivity index (χ3v) is 8.61. The molecule has 0 radical (unpaired) electrons. The monoisotopic (exact) mass is 428 g/mol. The highest BCUT2D eigenvalue weighted by Crippen LogP contribution is 2.38. The second kappa shape index (κ2) is 8.22. The summed E-state index contributed by atoms with van der Waals surface area (Å²) in [6.45, 7) is 6.55. The Labute approximate surface area is 173 Å². The zero-order chi connectivity index (χ0) is 20.8. The fraction of sp³-hybridized carbons (Fsp3) is 0.895. The van der Waals surface area contributed by atoms with Gasteiger partial charge in [0, 0.05) is 39.3 Å². The molecule has 29 heavy (non-hydrogen) atoms. The van der Waals surface area contributed by atoms with Crippen LogP contribution in [0.25, 0.3) is 0 Å². The molecule has 2 amide bonds. The highest BCUT2D eigenvalue weighted by molar-refractivity contribution is 7.86. The standard InChI is InChI=1S/C19H32N4O5S/c1-14-11-22(12-15(2)28-14)29(26,27)21-9-7-20(8-10-21)13-23-18(24)16-5-3-4-6-17(16)19(23)25/h14-17H,3-13H2,1-2H3. The summed E-state index contributed by atoms with van der Waals surface area (Å²) in [6.07, 6.45) is 3.42. The Hall–Kier alpha value is -1.07. The van der Waals surface area contributed by atoms with Gasteiger partial charge in [-0.05, 0) is 26.7 Å². The maximum absolute atomic E-state index is 13.0. The molecule has 1 saturated carbocycles. The second-order valence-electron chi connectivity index (χ2n) is 8.84. The van der Waals surface area contributed by atoms with E-state index < -0.39 is 10.2 Å². The van der Waals surface area contributed by atoms with Gasteiger partial charge in [0.15, 0.2) is 0 Å². The lowest BCUT2D eigenvalue weighted by Crippen LogP contribution is -2.58. The van der Waals surface area contributed by atoms with Crippen LogP contribution in [0.1, 0.15) is 39.5 Å². The number of carbonyl (C=O) groups excluding carboxylic acids is 2. The molecule has 0 bridgehead atoms. The van der Waals surface area contributed by atoms with Crippen LogP contribution >= 0.6 is 0 Å². The molecule has 10 heteroatoms. The van der Waals surface area contributed by atoms with E-state index in [1.54, 1.807) is 0 Å². The number of piperazine rings is 1. The van der Waals surface area contributed by atoms with E-state index in [0.717, 1.165) is 25.7 Å². The molecule has 164 valence electrons. The lowest BCUT2D eigenvalue weighted by atomic mass is 9.81. The molecule has 1 aliphatic carbocycles. The van der Waals surface area contributed by atoms with Crippen molar-refractivity contribution in [3.63, 3.8) is 0 Å². The predicted octanol–water partition coefficient (Wildman–Crippen LogP) is 0.0907. The van der Waals surface area contributed by atoms with Crippen molar-refractivity contribution in [2.45, 2.75) is 51.7 Å². The smallest absolute Gasteiger partial charge is 0.282 e. The number of morpholine rings is 1. The van der Waals surface area contributed by atoms with Gasteiger partial charge < -0.3 is 4.74 Å². The summed E-state index contributed by atoms with van der Waals surface area (Å²) < 4.78 is 34.7. The average molecular weight is 429 g/mol. The van der Waals surface area contributed by atoms with Gasteiger partial charge in [0.1, 0.15) is 0 Å². The Bertz CT molecular complexity index is 718. The van der Waals surface area contributed by atoms with Gasteiger partial charge in [-0.15, -0.1) is 0 Å². The molecule has 0 aromatic carbocycles. The summed E-state index contributed by atoms with van der Waals surface area (Å²) in [5.74, 6) is -0.344. The van der Waals surface area contributed by atoms with Crippen molar-refractivity contribution in [2.24, 2.45) is 11.8 Å². The third-order valence-electron chi connectivity index (χ3n) is 6.64. The summed E-state index contributed by atoms with van der Waals surface area (Å²) in [7, 11) is -3.53. The van der Waals surface area contributed by atoms with Gasteiger partial charge in [0.25, 0.3) is 10.2 Å². The molecule has 3 aliphatic heterocycles. The minimum atomic E-state index is -3.53. The number of amides is 2. The van der Waals surface area contributed by atoms with E-state index in [1.165, 1.54) is 13.5 Å². The van der Waals surface area contributed by atoms with Crippen molar-refractivity contribution < 1.29 is 22.7 Å². The minimum Gasteiger partial charge on any atom is -0.373 e. The third kappa shape index (κ3) is 4.10. The normalized spacial score (nSPS) is 35.9. The first-order valence-corrected chi connectivity index (χ1v) is 12.2. The topological polar surface area (TPSA) is 90.5 Å². The largest absolute Gasteiger partial charge is 0.373 e. The van der Waals surface area contributed by atoms with Crippen molar-refractivity contribution in [1.29, 1.82) is 0 Å². The number of likely N-dealkylation sites (tertiary alicyclic amines) is 1. The van der Waals surface area contributed by atoms with Crippen LogP contribution in [0.5, 0.6) is 0 Å². The van der Waals surface area contributed by atoms with Crippen LogP contribution in [0.4, 0.5) is 0 Å². The number of hydrogen-bond donors (Lipinski definition) is 0. The first kappa shape index (κ1) is 21.2. The molecule has 0 N–H and O–H groups in total. The Morgan fingerprint density at radius 2 is 1.38 bits per heavy atom. The Morgan fingerprint density at radius 3 is 1.90 bits per heavy atom. The first-order valence-electron chi connectivity index (χ1n) is 10.8. The Morgan fingerprint density at radius 1 is 0.862 bits per heavy atom. The molecule has 0 aromatic rings. The van der Waals surface area contributed by atoms with E-state index in [2.05, 4.69) is 0 Å². The minimum absolute atomic E-state index is 0.0361. The van der Waals surface area contributed by atoms with Crippen LogP contribution < -0.4 is 0 Å². The Balaban J connectivity index is 1.34. The fourth-order valence-electron chi connectivity index (χ4n) is 5.15. The molecule has 4 aliphatic rings. The fourth-order valence-corrected chi connectivity index (χ4v) is 6.90. The van der Waals surface area contributed by atoms with Crippen molar-refractivity contribution in [2.75, 3.05) is 45.9 Å². The molecular weight excluding hydrogens is 396 g/mol. The molecule has 3 heterocycles. The summed E-state index contributed by atoms with van der Waals surface area (Å²) in [5.41, 5.74) is 0. The first-order chi connectivity index (χ1) is 13.8. The van der Waals surface area contributed by atoms with E-state index in [9.17, 15) is 18.0 Å². The van der Waals surface area contributed by atoms with Crippen molar-refractivity contribution in [3.8, 4) is 0 Å². The molecule has 9 nitrogen and oxygen atoms in total. The summed E-state index contributed by atoms with van der Waals surface area (Å²) >= 11 is 0. The maximum atomic E-state index is 13.0. The number of rotatable bonds is 4. The molecule has 4 fully saturated rings. The van der Waals surface area contributed by atoms with E-state index in [0.29, 0.717) is 39.3 Å². The van der Waals surface area contributed by atoms with Gasteiger partial charge in [-0.25, -0.2) is 0 Å². The van der Waals surface area contributed by atoms with Crippen LogP contribution in [0.15, 0.2) is 0 Å². The van der Waals surface area contributed by atoms with Crippen LogP contribution in [0, 0.1) is 11.8 Å². The van der Waals surface area contributed by atoms with E-state index in [-0.39, 0.29) is 42.5 Å². The van der Waals surface area contributed by atoms with Crippen molar-refractivity contribution in [1.82, 2.24) is 18.4 Å². The SMILES string of the molecule is CC1CN(S(=O)(=O)N2CCN(CN3C(=O)C4CCCCC4C3=O)CC2)CC(C)O1. The number of imide groups is 1. The molecule has 4 atom stereocenters. The highest BCUT2D eigenvalue weighted by Gasteiger charge is 2.48. The van der Waals surface area contributed by atoms with Gasteiger partial charge in [-0.3, -0.25) is 19.4 Å². The van der Waals surface area contributed by atoms with E-state index >= 15 is 0 Å². The van der Waals surface area contributed by atoms with Gasteiger partial charge in [0.2, 0.25) is 11.8 Å². The van der Waals surface area contributed by atoms with E-state index in [4.69, 9.17) is 4.74 Å². The van der Waals surface area contributed by atoms with Gasteiger partial charge in [0.05, 0.1) is 30.7 Å². The molecule has 4 unspecified atom stereocenters. The molecule has 0 spiro atoms. The van der Waals surface area contributed by atoms with Gasteiger partial charge in [-0.1, -0.05) is 12.8 Å². The van der Waals surface area contributed by atoms with Crippen LogP contribution in [0.2, 0.25) is 0 Å². The number of carbonyl (C=O) groups is 2. The summed E-state index contributed by atoms with van der Waals surface area (Å²) in [4.78, 5) is 28.8. The molecule has 4 rings (SSSR count). The van der Waals surface area contributed by atoms with Crippen LogP contribution in [-0.2, 0) is 24.5 Å². The summed E-state index contributed by atoms with van der Waals surface area (Å²) in [5, 5.41) is 0. The van der Waals surface area contributed by atoms with Crippen molar-refractivity contribution in [3.05, 3.63) is 0 Å². The molecular formula is C19H32N4O5S. The quantitative estimate of drug-likeness (QED) is 0.590. The van der Waals surface area contributed by atoms with Gasteiger partial charge >= 0.3 is 0 Å². The highest BCUT2D eigenvalue weighted by atomic mass is 32.2. The van der Waals surface area contributed by atoms with Crippen LogP contribution in [0.3, 0.4) is 0 Å². The zero-order valence-electron chi connectivity index (χ0n) is 17.3. The molecule has 0 aromatic heterocycles.